The zero-order valence-corrected chi connectivity index (χ0v) is 6.53. The number of hydrogen-bond acceptors (Lipinski definition) is 4. The molecule has 0 spiro atoms. The van der Waals surface area contributed by atoms with Gasteiger partial charge in [0.25, 0.3) is 5.91 Å². The molecule has 0 saturated carbocycles. The standard InChI is InChI=1S/C7H10N4O/c8-2-4-10-7(12)6-1-3-9-5-11-6/h1,3,5H,2,4,8H2,(H,10,12). The molecule has 64 valence electrons. The van der Waals surface area contributed by atoms with Crippen LogP contribution in [0.3, 0.4) is 0 Å². The van der Waals surface area contributed by atoms with Crippen LogP contribution in [0.25, 0.3) is 0 Å². The molecular weight excluding hydrogens is 156 g/mol. The Bertz CT molecular complexity index is 249. The molecule has 0 radical (unpaired) electrons. The number of nitrogens with two attached hydrogens (primary N) is 1. The van der Waals surface area contributed by atoms with Gasteiger partial charge >= 0.3 is 0 Å². The molecule has 12 heavy (non-hydrogen) atoms. The largest absolute Gasteiger partial charge is 0.349 e. The van der Waals surface area contributed by atoms with Crippen LogP contribution in [0, 0.1) is 0 Å². The summed E-state index contributed by atoms with van der Waals surface area (Å²) in [5.74, 6) is -0.220. The molecule has 5 heteroatoms. The predicted molar refractivity (Wildman–Crippen MR) is 43.4 cm³/mol. The van der Waals surface area contributed by atoms with Crippen molar-refractivity contribution in [2.75, 3.05) is 13.1 Å². The monoisotopic (exact) mass is 166 g/mol. The summed E-state index contributed by atoms with van der Waals surface area (Å²) in [6.07, 6.45) is 2.85. The first kappa shape index (κ1) is 8.61. The average Bonchev–Trinajstić information content (AvgIpc) is 2.15. The van der Waals surface area contributed by atoms with Crippen LogP contribution in [-0.4, -0.2) is 29.0 Å². The SMILES string of the molecule is NCCNC(=O)c1ccncn1. The van der Waals surface area contributed by atoms with E-state index >= 15 is 0 Å². The Hall–Kier alpha value is -1.49. The van der Waals surface area contributed by atoms with Crippen molar-refractivity contribution in [2.24, 2.45) is 5.73 Å². The van der Waals surface area contributed by atoms with Crippen molar-refractivity contribution in [3.63, 3.8) is 0 Å². The van der Waals surface area contributed by atoms with Crippen molar-refractivity contribution < 1.29 is 4.79 Å². The van der Waals surface area contributed by atoms with Crippen molar-refractivity contribution in [3.8, 4) is 0 Å². The van der Waals surface area contributed by atoms with Gasteiger partial charge < -0.3 is 11.1 Å². The number of carbonyl (C=O) groups is 1. The van der Waals surface area contributed by atoms with Crippen LogP contribution in [-0.2, 0) is 0 Å². The summed E-state index contributed by atoms with van der Waals surface area (Å²) >= 11 is 0. The second-order valence-corrected chi connectivity index (χ2v) is 2.14. The van der Waals surface area contributed by atoms with Crippen LogP contribution in [0.15, 0.2) is 18.6 Å². The summed E-state index contributed by atoms with van der Waals surface area (Å²) in [6.45, 7) is 0.889. The Morgan fingerprint density at radius 3 is 3.08 bits per heavy atom. The minimum absolute atomic E-state index is 0.220. The van der Waals surface area contributed by atoms with Crippen LogP contribution >= 0.6 is 0 Å². The van der Waals surface area contributed by atoms with E-state index in [0.717, 1.165) is 0 Å². The maximum atomic E-state index is 11.1. The van der Waals surface area contributed by atoms with Gasteiger partial charge in [-0.2, -0.15) is 0 Å². The summed E-state index contributed by atoms with van der Waals surface area (Å²) in [5.41, 5.74) is 5.57. The summed E-state index contributed by atoms with van der Waals surface area (Å²) in [4.78, 5) is 18.6. The minimum Gasteiger partial charge on any atom is -0.349 e. The quantitative estimate of drug-likeness (QED) is 0.613. The molecule has 3 N–H and O–H groups in total. The molecule has 0 atom stereocenters. The average molecular weight is 166 g/mol. The van der Waals surface area contributed by atoms with Crippen LogP contribution in [0.5, 0.6) is 0 Å². The van der Waals surface area contributed by atoms with E-state index in [1.807, 2.05) is 0 Å². The number of hydrogen-bond donors (Lipinski definition) is 2. The van der Waals surface area contributed by atoms with E-state index in [2.05, 4.69) is 15.3 Å². The molecule has 0 fully saturated rings. The number of nitrogens with zero attached hydrogens (tertiary/aromatic N) is 2. The Kier molecular flexibility index (Phi) is 3.16. The molecule has 1 aromatic rings. The minimum atomic E-state index is -0.220. The Morgan fingerprint density at radius 1 is 1.67 bits per heavy atom. The fourth-order valence-corrected chi connectivity index (χ4v) is 0.701. The zero-order chi connectivity index (χ0) is 8.81. The highest BCUT2D eigenvalue weighted by Gasteiger charge is 2.03. The van der Waals surface area contributed by atoms with Crippen LogP contribution < -0.4 is 11.1 Å². The van der Waals surface area contributed by atoms with E-state index < -0.39 is 0 Å². The Labute approximate surface area is 70.0 Å². The summed E-state index contributed by atoms with van der Waals surface area (Å²) in [5, 5.41) is 2.59. The van der Waals surface area contributed by atoms with Gasteiger partial charge in [0.05, 0.1) is 0 Å². The predicted octanol–water partition coefficient (Wildman–Crippen LogP) is -0.835. The first-order chi connectivity index (χ1) is 5.84. The normalized spacial score (nSPS) is 9.42. The molecular formula is C7H10N4O. The van der Waals surface area contributed by atoms with Gasteiger partial charge in [-0.1, -0.05) is 0 Å². The van der Waals surface area contributed by atoms with Gasteiger partial charge in [-0.05, 0) is 6.07 Å². The second kappa shape index (κ2) is 4.40. The van der Waals surface area contributed by atoms with Gasteiger partial charge in [0.2, 0.25) is 0 Å². The van der Waals surface area contributed by atoms with Gasteiger partial charge in [0.1, 0.15) is 12.0 Å². The third-order valence-corrected chi connectivity index (χ3v) is 1.24. The molecule has 0 unspecified atom stereocenters. The lowest BCUT2D eigenvalue weighted by atomic mass is 10.4. The highest BCUT2D eigenvalue weighted by atomic mass is 16.1. The van der Waals surface area contributed by atoms with E-state index in [1.165, 1.54) is 12.5 Å². The van der Waals surface area contributed by atoms with Crippen molar-refractivity contribution in [1.29, 1.82) is 0 Å². The van der Waals surface area contributed by atoms with Crippen molar-refractivity contribution in [2.45, 2.75) is 0 Å². The molecule has 0 aliphatic heterocycles. The number of carbonyl (C=O) groups excluding carboxylic acids is 1. The molecule has 1 amide bonds. The lowest BCUT2D eigenvalue weighted by Gasteiger charge is -2.00. The van der Waals surface area contributed by atoms with Gasteiger partial charge in [-0.3, -0.25) is 4.79 Å². The van der Waals surface area contributed by atoms with E-state index in [-0.39, 0.29) is 5.91 Å². The lowest BCUT2D eigenvalue weighted by Crippen LogP contribution is -2.29. The first-order valence-electron chi connectivity index (χ1n) is 3.59. The van der Waals surface area contributed by atoms with Crippen LogP contribution in [0.1, 0.15) is 10.5 Å². The number of aromatic nitrogens is 2. The molecule has 1 rings (SSSR count). The second-order valence-electron chi connectivity index (χ2n) is 2.14. The van der Waals surface area contributed by atoms with E-state index in [0.29, 0.717) is 18.8 Å². The molecule has 0 aromatic carbocycles. The first-order valence-corrected chi connectivity index (χ1v) is 3.59. The van der Waals surface area contributed by atoms with Gasteiger partial charge in [0, 0.05) is 19.3 Å². The highest BCUT2D eigenvalue weighted by Crippen LogP contribution is 1.88. The zero-order valence-electron chi connectivity index (χ0n) is 6.53. The van der Waals surface area contributed by atoms with E-state index in [9.17, 15) is 4.79 Å². The maximum absolute atomic E-state index is 11.1. The maximum Gasteiger partial charge on any atom is 0.270 e. The Balaban J connectivity index is 2.54. The fourth-order valence-electron chi connectivity index (χ4n) is 0.701. The third kappa shape index (κ3) is 2.28. The molecule has 0 aliphatic carbocycles. The van der Waals surface area contributed by atoms with Crippen LogP contribution in [0.4, 0.5) is 0 Å². The Morgan fingerprint density at radius 2 is 2.50 bits per heavy atom. The highest BCUT2D eigenvalue weighted by molar-refractivity contribution is 5.91. The third-order valence-electron chi connectivity index (χ3n) is 1.24. The summed E-state index contributed by atoms with van der Waals surface area (Å²) < 4.78 is 0. The van der Waals surface area contributed by atoms with Crippen molar-refractivity contribution >= 4 is 5.91 Å². The van der Waals surface area contributed by atoms with E-state index in [1.54, 1.807) is 6.07 Å². The van der Waals surface area contributed by atoms with Gasteiger partial charge in [-0.15, -0.1) is 0 Å². The summed E-state index contributed by atoms with van der Waals surface area (Å²) in [6, 6.07) is 1.55. The molecule has 5 nitrogen and oxygen atoms in total. The van der Waals surface area contributed by atoms with Crippen molar-refractivity contribution in [3.05, 3.63) is 24.3 Å². The fraction of sp³-hybridized carbons (Fsp3) is 0.286. The molecule has 0 bridgehead atoms. The molecule has 1 aromatic heterocycles. The van der Waals surface area contributed by atoms with Gasteiger partial charge in [0.15, 0.2) is 0 Å². The van der Waals surface area contributed by atoms with Crippen LogP contribution in [0.2, 0.25) is 0 Å². The number of amides is 1. The number of rotatable bonds is 3. The number of nitrogens with one attached hydrogen (secondary N) is 1. The van der Waals surface area contributed by atoms with E-state index in [4.69, 9.17) is 5.73 Å². The lowest BCUT2D eigenvalue weighted by molar-refractivity contribution is 0.0949. The molecule has 1 heterocycles. The smallest absolute Gasteiger partial charge is 0.270 e. The van der Waals surface area contributed by atoms with Crippen molar-refractivity contribution in [1.82, 2.24) is 15.3 Å². The summed E-state index contributed by atoms with van der Waals surface area (Å²) in [7, 11) is 0. The topological polar surface area (TPSA) is 80.9 Å². The molecule has 0 saturated heterocycles. The van der Waals surface area contributed by atoms with Gasteiger partial charge in [-0.25, -0.2) is 9.97 Å². The molecule has 0 aliphatic rings.